The number of hydrogen-bond donors (Lipinski definition) is 0. The lowest BCUT2D eigenvalue weighted by Crippen LogP contribution is -2.23. The summed E-state index contributed by atoms with van der Waals surface area (Å²) in [6, 6.07) is 2.30. The van der Waals surface area contributed by atoms with Crippen LogP contribution in [-0.4, -0.2) is 18.5 Å². The Labute approximate surface area is 158 Å². The van der Waals surface area contributed by atoms with E-state index in [0.29, 0.717) is 18.3 Å². The highest BCUT2D eigenvalue weighted by Gasteiger charge is 2.49. The zero-order chi connectivity index (χ0) is 20.9. The van der Waals surface area contributed by atoms with Gasteiger partial charge in [0, 0.05) is 11.9 Å². The number of nitrogens with zero attached hydrogens (tertiary/aromatic N) is 2. The highest BCUT2D eigenvalue weighted by molar-refractivity contribution is 7.92. The molecule has 1 aromatic carbocycles. The lowest BCUT2D eigenvalue weighted by atomic mass is 10.2. The molecular weight excluding hydrogens is 445 g/mol. The number of rotatable bonds is 2. The predicted molar refractivity (Wildman–Crippen MR) is 83.5 cm³/mol. The van der Waals surface area contributed by atoms with Crippen LogP contribution >= 0.6 is 23.2 Å². The molecule has 0 aliphatic rings. The van der Waals surface area contributed by atoms with Gasteiger partial charge in [-0.05, 0) is 19.1 Å². The Bertz CT molecular complexity index is 1040. The number of sulfone groups is 1. The summed E-state index contributed by atoms with van der Waals surface area (Å²) in [4.78, 5) is -1.36. The number of nitriles is 1. The van der Waals surface area contributed by atoms with Crippen molar-refractivity contribution < 1.29 is 34.8 Å². The minimum absolute atomic E-state index is 0.302. The largest absolute Gasteiger partial charge is 0.502 e. The molecule has 0 spiro atoms. The maximum Gasteiger partial charge on any atom is 0.502 e. The normalized spacial score (nSPS) is 12.9. The maximum absolute atomic E-state index is 12.8. The first kappa shape index (κ1) is 21.4. The first-order chi connectivity index (χ1) is 12.1. The molecule has 13 heteroatoms. The monoisotopic (exact) mass is 450 g/mol. The molecule has 0 saturated carbocycles. The predicted octanol–water partition coefficient (Wildman–Crippen LogP) is 5.28. The summed E-state index contributed by atoms with van der Waals surface area (Å²) in [5.74, 6) is 0. The van der Waals surface area contributed by atoms with Crippen molar-refractivity contribution >= 4 is 33.0 Å². The fourth-order valence-corrected chi connectivity index (χ4v) is 3.86. The molecule has 0 aliphatic carbocycles. The summed E-state index contributed by atoms with van der Waals surface area (Å²) in [6.07, 6.45) is -4.35. The second-order valence-corrected chi connectivity index (χ2v) is 7.90. The van der Waals surface area contributed by atoms with Crippen molar-refractivity contribution in [1.82, 2.24) is 4.57 Å². The van der Waals surface area contributed by atoms with Gasteiger partial charge >= 0.3 is 11.7 Å². The smallest absolute Gasteiger partial charge is 0.316 e. The fraction of sp³-hybridized carbons (Fsp3) is 0.214. The average molecular weight is 451 g/mol. The van der Waals surface area contributed by atoms with E-state index in [1.165, 1.54) is 6.07 Å². The highest BCUT2D eigenvalue weighted by Crippen LogP contribution is 2.40. The van der Waals surface area contributed by atoms with Gasteiger partial charge < -0.3 is 4.57 Å². The third-order valence-corrected chi connectivity index (χ3v) is 5.58. The van der Waals surface area contributed by atoms with Crippen molar-refractivity contribution in [2.75, 3.05) is 0 Å². The molecule has 4 nitrogen and oxygen atoms in total. The quantitative estimate of drug-likeness (QED) is 0.585. The van der Waals surface area contributed by atoms with Crippen molar-refractivity contribution in [1.29, 1.82) is 5.26 Å². The van der Waals surface area contributed by atoms with E-state index in [0.717, 1.165) is 11.5 Å². The van der Waals surface area contributed by atoms with Crippen LogP contribution < -0.4 is 0 Å². The first-order valence-electron chi connectivity index (χ1n) is 6.63. The van der Waals surface area contributed by atoms with E-state index < -0.39 is 53.3 Å². The van der Waals surface area contributed by atoms with Gasteiger partial charge in [-0.25, -0.2) is 8.42 Å². The van der Waals surface area contributed by atoms with E-state index in [1.807, 2.05) is 0 Å². The molecule has 0 atom stereocenters. The minimum atomic E-state index is -5.90. The van der Waals surface area contributed by atoms with Gasteiger partial charge in [-0.3, -0.25) is 0 Å². The van der Waals surface area contributed by atoms with Gasteiger partial charge in [0.1, 0.15) is 11.0 Å². The zero-order valence-corrected chi connectivity index (χ0v) is 15.2. The number of benzene rings is 1. The summed E-state index contributed by atoms with van der Waals surface area (Å²) in [6.45, 7) is 1.10. The minimum Gasteiger partial charge on any atom is -0.316 e. The lowest BCUT2D eigenvalue weighted by Gasteiger charge is -2.14. The van der Waals surface area contributed by atoms with Crippen molar-refractivity contribution in [3.05, 3.63) is 45.2 Å². The standard InChI is InChI=1S/C14H6Cl2F6N2O2S/c1-6-8(4-23)11(27(25,26)14(20,21)22)5-24(6)12-9(15)2-7(3-10(12)16)13(17,18)19/h2-3,5H,1H3. The van der Waals surface area contributed by atoms with Gasteiger partial charge in [-0.2, -0.15) is 31.6 Å². The molecule has 0 unspecified atom stereocenters. The number of aromatic nitrogens is 1. The average Bonchev–Trinajstić information content (AvgIpc) is 2.82. The number of halogens is 8. The van der Waals surface area contributed by atoms with Crippen LogP contribution in [0, 0.1) is 18.3 Å². The van der Waals surface area contributed by atoms with Gasteiger partial charge in [-0.1, -0.05) is 23.2 Å². The second kappa shape index (κ2) is 6.61. The van der Waals surface area contributed by atoms with Gasteiger partial charge in [0.05, 0.1) is 26.9 Å². The summed E-state index contributed by atoms with van der Waals surface area (Å²) in [5.41, 5.74) is -8.44. The third kappa shape index (κ3) is 3.61. The second-order valence-electron chi connectivity index (χ2n) is 5.17. The molecule has 0 aliphatic heterocycles. The Morgan fingerprint density at radius 2 is 1.56 bits per heavy atom. The molecule has 2 rings (SSSR count). The van der Waals surface area contributed by atoms with Crippen LogP contribution in [0.25, 0.3) is 5.69 Å². The van der Waals surface area contributed by atoms with E-state index >= 15 is 0 Å². The molecule has 0 radical (unpaired) electrons. The SMILES string of the molecule is Cc1c(C#N)c(S(=O)(=O)C(F)(F)F)cn1-c1c(Cl)cc(C(F)(F)F)cc1Cl. The summed E-state index contributed by atoms with van der Waals surface area (Å²) >= 11 is 11.6. The number of hydrogen-bond acceptors (Lipinski definition) is 3. The fourth-order valence-electron chi connectivity index (χ4n) is 2.23. The van der Waals surface area contributed by atoms with Crippen LogP contribution in [0.2, 0.25) is 10.0 Å². The molecule has 2 aromatic rings. The first-order valence-corrected chi connectivity index (χ1v) is 8.86. The topological polar surface area (TPSA) is 62.9 Å². The molecule has 0 bridgehead atoms. The Morgan fingerprint density at radius 3 is 1.93 bits per heavy atom. The van der Waals surface area contributed by atoms with Crippen LogP contribution in [0.15, 0.2) is 23.2 Å². The highest BCUT2D eigenvalue weighted by atomic mass is 35.5. The molecule has 1 heterocycles. The maximum atomic E-state index is 12.8. The van der Waals surface area contributed by atoms with Crippen molar-refractivity contribution in [2.45, 2.75) is 23.5 Å². The lowest BCUT2D eigenvalue weighted by molar-refractivity contribution is -0.137. The van der Waals surface area contributed by atoms with Crippen molar-refractivity contribution in [2.24, 2.45) is 0 Å². The van der Waals surface area contributed by atoms with Crippen LogP contribution in [0.4, 0.5) is 26.3 Å². The molecule has 0 amide bonds. The van der Waals surface area contributed by atoms with Crippen molar-refractivity contribution in [3.8, 4) is 11.8 Å². The van der Waals surface area contributed by atoms with Crippen LogP contribution in [-0.2, 0) is 16.0 Å². The Kier molecular flexibility index (Phi) is 5.24. The van der Waals surface area contributed by atoms with Gasteiger partial charge in [-0.15, -0.1) is 0 Å². The Morgan fingerprint density at radius 1 is 1.07 bits per heavy atom. The van der Waals surface area contributed by atoms with E-state index in [4.69, 9.17) is 28.5 Å². The molecule has 0 saturated heterocycles. The van der Waals surface area contributed by atoms with E-state index in [2.05, 4.69) is 0 Å². The molecule has 1 aromatic heterocycles. The number of alkyl halides is 6. The van der Waals surface area contributed by atoms with Crippen LogP contribution in [0.5, 0.6) is 0 Å². The summed E-state index contributed by atoms with van der Waals surface area (Å²) in [7, 11) is -5.90. The summed E-state index contributed by atoms with van der Waals surface area (Å²) < 4.78 is 101. The third-order valence-electron chi connectivity index (χ3n) is 3.51. The van der Waals surface area contributed by atoms with Crippen LogP contribution in [0.1, 0.15) is 16.8 Å². The summed E-state index contributed by atoms with van der Waals surface area (Å²) in [5, 5.41) is 7.86. The van der Waals surface area contributed by atoms with Crippen LogP contribution in [0.3, 0.4) is 0 Å². The molecule has 146 valence electrons. The van der Waals surface area contributed by atoms with Crippen molar-refractivity contribution in [3.63, 3.8) is 0 Å². The Balaban J connectivity index is 2.83. The molecule has 27 heavy (non-hydrogen) atoms. The zero-order valence-electron chi connectivity index (χ0n) is 12.9. The van der Waals surface area contributed by atoms with Gasteiger partial charge in [0.15, 0.2) is 0 Å². The van der Waals surface area contributed by atoms with E-state index in [-0.39, 0.29) is 5.69 Å². The molecular formula is C14H6Cl2F6N2O2S. The molecule has 0 fully saturated rings. The van der Waals surface area contributed by atoms with E-state index in [9.17, 15) is 34.8 Å². The van der Waals surface area contributed by atoms with E-state index in [1.54, 1.807) is 0 Å². The van der Waals surface area contributed by atoms with Gasteiger partial charge in [0.25, 0.3) is 9.84 Å². The molecule has 0 N–H and O–H groups in total. The van der Waals surface area contributed by atoms with Gasteiger partial charge in [0.2, 0.25) is 0 Å². The Hall–Kier alpha value is -1.90.